The third-order valence-corrected chi connectivity index (χ3v) is 4.56. The number of halogens is 2. The number of rotatable bonds is 3. The maximum Gasteiger partial charge on any atom is 0.320 e. The first-order chi connectivity index (χ1) is 9.00. The Morgan fingerprint density at radius 1 is 1.53 bits per heavy atom. The van der Waals surface area contributed by atoms with Crippen molar-refractivity contribution in [2.45, 2.75) is 38.3 Å². The van der Waals surface area contributed by atoms with Gasteiger partial charge in [0.05, 0.1) is 0 Å². The minimum absolute atomic E-state index is 0.0157. The number of carbonyl (C=O) groups is 1. The van der Waals surface area contributed by atoms with Crippen LogP contribution in [0.2, 0.25) is 5.02 Å². The molecule has 0 aromatic heterocycles. The standard InChI is InChI=1S/C14H17BrClNO2/c1-9(11-6-5-10(15)8-12(11)16)17-7-3-2-4-13(17)14(18)19/h5-6,8-9,13H,2-4,7H2,1H3,(H,18,19). The van der Waals surface area contributed by atoms with Gasteiger partial charge in [0.2, 0.25) is 0 Å². The van der Waals surface area contributed by atoms with E-state index in [1.165, 1.54) is 0 Å². The Morgan fingerprint density at radius 3 is 2.89 bits per heavy atom. The molecule has 0 spiro atoms. The fourth-order valence-electron chi connectivity index (χ4n) is 2.70. The van der Waals surface area contributed by atoms with Crippen LogP contribution in [-0.2, 0) is 4.79 Å². The van der Waals surface area contributed by atoms with Gasteiger partial charge in [-0.25, -0.2) is 0 Å². The molecule has 2 atom stereocenters. The molecule has 0 aliphatic carbocycles. The molecular formula is C14H17BrClNO2. The highest BCUT2D eigenvalue weighted by molar-refractivity contribution is 9.10. The molecule has 104 valence electrons. The van der Waals surface area contributed by atoms with Crippen molar-refractivity contribution in [1.82, 2.24) is 4.90 Å². The van der Waals surface area contributed by atoms with Crippen LogP contribution >= 0.6 is 27.5 Å². The summed E-state index contributed by atoms with van der Waals surface area (Å²) in [5, 5.41) is 10.0. The fraction of sp³-hybridized carbons (Fsp3) is 0.500. The first-order valence-corrected chi connectivity index (χ1v) is 7.61. The van der Waals surface area contributed by atoms with E-state index in [2.05, 4.69) is 15.9 Å². The van der Waals surface area contributed by atoms with Gasteiger partial charge < -0.3 is 5.11 Å². The van der Waals surface area contributed by atoms with Crippen LogP contribution in [0.4, 0.5) is 0 Å². The quantitative estimate of drug-likeness (QED) is 0.895. The highest BCUT2D eigenvalue weighted by Crippen LogP contribution is 2.33. The smallest absolute Gasteiger partial charge is 0.320 e. The molecule has 2 rings (SSSR count). The first kappa shape index (κ1) is 14.8. The molecule has 3 nitrogen and oxygen atoms in total. The van der Waals surface area contributed by atoms with Crippen molar-refractivity contribution in [1.29, 1.82) is 0 Å². The van der Waals surface area contributed by atoms with Gasteiger partial charge in [0.25, 0.3) is 0 Å². The van der Waals surface area contributed by atoms with Crippen LogP contribution in [0.15, 0.2) is 22.7 Å². The minimum atomic E-state index is -0.736. The zero-order valence-corrected chi connectivity index (χ0v) is 13.1. The Kier molecular flexibility index (Phi) is 4.87. The zero-order valence-electron chi connectivity index (χ0n) is 10.8. The fourth-order valence-corrected chi connectivity index (χ4v) is 3.53. The first-order valence-electron chi connectivity index (χ1n) is 6.44. The maximum atomic E-state index is 11.4. The van der Waals surface area contributed by atoms with Gasteiger partial charge in [-0.15, -0.1) is 0 Å². The molecule has 5 heteroatoms. The molecule has 0 radical (unpaired) electrons. The Bertz CT molecular complexity index is 481. The molecule has 1 N–H and O–H groups in total. The third kappa shape index (κ3) is 3.30. The van der Waals surface area contributed by atoms with Gasteiger partial charge in [-0.3, -0.25) is 9.69 Å². The predicted molar refractivity (Wildman–Crippen MR) is 79.5 cm³/mol. The molecule has 1 aliphatic heterocycles. The summed E-state index contributed by atoms with van der Waals surface area (Å²) in [6.45, 7) is 2.83. The number of nitrogens with zero attached hydrogens (tertiary/aromatic N) is 1. The topological polar surface area (TPSA) is 40.5 Å². The van der Waals surface area contributed by atoms with Crippen LogP contribution in [0.5, 0.6) is 0 Å². The normalized spacial score (nSPS) is 22.2. The Morgan fingerprint density at radius 2 is 2.26 bits per heavy atom. The van der Waals surface area contributed by atoms with E-state index in [1.54, 1.807) is 0 Å². The Labute approximate surface area is 126 Å². The van der Waals surface area contributed by atoms with E-state index in [1.807, 2.05) is 30.0 Å². The van der Waals surface area contributed by atoms with Crippen molar-refractivity contribution in [2.75, 3.05) is 6.54 Å². The van der Waals surface area contributed by atoms with E-state index in [0.717, 1.165) is 29.4 Å². The van der Waals surface area contributed by atoms with Gasteiger partial charge in [-0.05, 0) is 44.0 Å². The van der Waals surface area contributed by atoms with Crippen LogP contribution in [0.1, 0.15) is 37.8 Å². The molecule has 1 fully saturated rings. The second-order valence-corrected chi connectivity index (χ2v) is 6.25. The summed E-state index contributed by atoms with van der Waals surface area (Å²) >= 11 is 9.65. The summed E-state index contributed by atoms with van der Waals surface area (Å²) in [5.41, 5.74) is 0.984. The number of carboxylic acids is 1. The largest absolute Gasteiger partial charge is 0.480 e. The highest BCUT2D eigenvalue weighted by atomic mass is 79.9. The number of aliphatic carboxylic acids is 1. The van der Waals surface area contributed by atoms with E-state index in [9.17, 15) is 9.90 Å². The molecular weight excluding hydrogens is 330 g/mol. The molecule has 19 heavy (non-hydrogen) atoms. The molecule has 2 unspecified atom stereocenters. The third-order valence-electron chi connectivity index (χ3n) is 3.74. The lowest BCUT2D eigenvalue weighted by atomic mass is 9.97. The average Bonchev–Trinajstić information content (AvgIpc) is 2.38. The van der Waals surface area contributed by atoms with Crippen LogP contribution in [0.25, 0.3) is 0 Å². The number of hydrogen-bond acceptors (Lipinski definition) is 2. The zero-order chi connectivity index (χ0) is 14.0. The Hall–Kier alpha value is -0.580. The molecule has 1 aromatic carbocycles. The number of piperidine rings is 1. The van der Waals surface area contributed by atoms with Gasteiger partial charge in [0.1, 0.15) is 6.04 Å². The molecule has 1 aromatic rings. The van der Waals surface area contributed by atoms with Crippen LogP contribution in [0.3, 0.4) is 0 Å². The van der Waals surface area contributed by atoms with Crippen molar-refractivity contribution < 1.29 is 9.90 Å². The van der Waals surface area contributed by atoms with Gasteiger partial charge in [-0.1, -0.05) is 40.0 Å². The van der Waals surface area contributed by atoms with Gasteiger partial charge in [0, 0.05) is 15.5 Å². The second-order valence-electron chi connectivity index (χ2n) is 4.93. The van der Waals surface area contributed by atoms with E-state index in [4.69, 9.17) is 11.6 Å². The summed E-state index contributed by atoms with van der Waals surface area (Å²) in [5.74, 6) is -0.736. The number of benzene rings is 1. The van der Waals surface area contributed by atoms with Crippen molar-refractivity contribution in [2.24, 2.45) is 0 Å². The van der Waals surface area contributed by atoms with Crippen LogP contribution in [-0.4, -0.2) is 28.6 Å². The number of carboxylic acid groups (broad SMARTS) is 1. The van der Waals surface area contributed by atoms with Crippen molar-refractivity contribution in [3.05, 3.63) is 33.3 Å². The SMILES string of the molecule is CC(c1ccc(Br)cc1Cl)N1CCCCC1C(=O)O. The predicted octanol–water partition coefficient (Wildman–Crippen LogP) is 4.10. The van der Waals surface area contributed by atoms with Crippen molar-refractivity contribution in [3.8, 4) is 0 Å². The molecule has 0 saturated carbocycles. The second kappa shape index (κ2) is 6.25. The lowest BCUT2D eigenvalue weighted by Crippen LogP contribution is -2.45. The summed E-state index contributed by atoms with van der Waals surface area (Å²) in [6, 6.07) is 5.38. The lowest BCUT2D eigenvalue weighted by Gasteiger charge is -2.38. The summed E-state index contributed by atoms with van der Waals surface area (Å²) in [4.78, 5) is 13.4. The molecule has 1 heterocycles. The van der Waals surface area contributed by atoms with E-state index >= 15 is 0 Å². The van der Waals surface area contributed by atoms with Gasteiger partial charge in [-0.2, -0.15) is 0 Å². The number of likely N-dealkylation sites (tertiary alicyclic amines) is 1. The van der Waals surface area contributed by atoms with Gasteiger partial charge in [0.15, 0.2) is 0 Å². The summed E-state index contributed by atoms with van der Waals surface area (Å²) in [7, 11) is 0. The summed E-state index contributed by atoms with van der Waals surface area (Å²) in [6.07, 6.45) is 2.74. The lowest BCUT2D eigenvalue weighted by molar-refractivity contribution is -0.145. The van der Waals surface area contributed by atoms with Crippen LogP contribution < -0.4 is 0 Å². The highest BCUT2D eigenvalue weighted by Gasteiger charge is 2.32. The average molecular weight is 347 g/mol. The molecule has 0 bridgehead atoms. The summed E-state index contributed by atoms with van der Waals surface area (Å²) < 4.78 is 0.932. The van der Waals surface area contributed by atoms with E-state index in [-0.39, 0.29) is 6.04 Å². The number of hydrogen-bond donors (Lipinski definition) is 1. The minimum Gasteiger partial charge on any atom is -0.480 e. The van der Waals surface area contributed by atoms with E-state index in [0.29, 0.717) is 11.4 Å². The van der Waals surface area contributed by atoms with Crippen LogP contribution in [0, 0.1) is 0 Å². The van der Waals surface area contributed by atoms with Gasteiger partial charge >= 0.3 is 5.97 Å². The van der Waals surface area contributed by atoms with Crippen molar-refractivity contribution in [3.63, 3.8) is 0 Å². The van der Waals surface area contributed by atoms with E-state index < -0.39 is 12.0 Å². The maximum absolute atomic E-state index is 11.4. The molecule has 1 aliphatic rings. The molecule has 0 amide bonds. The molecule has 1 saturated heterocycles. The monoisotopic (exact) mass is 345 g/mol. The van der Waals surface area contributed by atoms with Crippen molar-refractivity contribution >= 4 is 33.5 Å². The Balaban J connectivity index is 2.25.